The molecule has 0 unspecified atom stereocenters. The number of aryl methyl sites for hydroxylation is 1. The topological polar surface area (TPSA) is 73.4 Å². The summed E-state index contributed by atoms with van der Waals surface area (Å²) in [6.45, 7) is 10.6. The number of piperidine rings is 1. The number of rotatable bonds is 5. The zero-order valence-electron chi connectivity index (χ0n) is 21.2. The van der Waals surface area contributed by atoms with Gasteiger partial charge in [0.2, 0.25) is 0 Å². The highest BCUT2D eigenvalue weighted by molar-refractivity contribution is 6.01. The highest BCUT2D eigenvalue weighted by Gasteiger charge is 2.41. The second kappa shape index (κ2) is 9.70. The van der Waals surface area contributed by atoms with Gasteiger partial charge in [-0.3, -0.25) is 9.69 Å². The fraction of sp³-hybridized carbons (Fsp3) is 0.517. The van der Waals surface area contributed by atoms with E-state index in [0.29, 0.717) is 5.57 Å². The van der Waals surface area contributed by atoms with Gasteiger partial charge in [-0.2, -0.15) is 5.26 Å². The molecule has 2 N–H and O–H groups in total. The molecule has 3 aliphatic rings. The molecule has 0 spiro atoms. The lowest BCUT2D eigenvalue weighted by Gasteiger charge is -2.48. The zero-order chi connectivity index (χ0) is 24.5. The normalized spacial score (nSPS) is 22.1. The van der Waals surface area contributed by atoms with Gasteiger partial charge in [0.15, 0.2) is 0 Å². The highest BCUT2D eigenvalue weighted by atomic mass is 16.1. The smallest absolute Gasteiger partial charge is 0.251 e. The van der Waals surface area contributed by atoms with Gasteiger partial charge in [0.1, 0.15) is 5.82 Å². The number of unbranched alkanes of at least 4 members (excludes halogenated alkanes) is 1. The summed E-state index contributed by atoms with van der Waals surface area (Å²) in [5.41, 5.74) is 12.5. The van der Waals surface area contributed by atoms with Crippen LogP contribution < -0.4 is 10.6 Å². The minimum absolute atomic E-state index is 0.117. The Balaban J connectivity index is 1.99. The van der Waals surface area contributed by atoms with Crippen LogP contribution in [-0.4, -0.2) is 23.9 Å². The first-order chi connectivity index (χ1) is 16.3. The van der Waals surface area contributed by atoms with Gasteiger partial charge in [-0.1, -0.05) is 51.5 Å². The third-order valence-corrected chi connectivity index (χ3v) is 7.56. The van der Waals surface area contributed by atoms with E-state index >= 15 is 0 Å². The molecule has 1 saturated heterocycles. The number of allylic oxidation sites excluding steroid dienone is 3. The van der Waals surface area contributed by atoms with E-state index in [2.05, 4.69) is 73.9 Å². The van der Waals surface area contributed by atoms with Crippen molar-refractivity contribution in [3.05, 3.63) is 64.1 Å². The molecule has 34 heavy (non-hydrogen) atoms. The van der Waals surface area contributed by atoms with E-state index in [9.17, 15) is 10.1 Å². The Morgan fingerprint density at radius 1 is 1.24 bits per heavy atom. The van der Waals surface area contributed by atoms with Crippen LogP contribution in [0.4, 0.5) is 5.69 Å². The number of primary amides is 1. The van der Waals surface area contributed by atoms with E-state index in [-0.39, 0.29) is 17.2 Å². The number of benzene rings is 1. The van der Waals surface area contributed by atoms with Crippen LogP contribution in [0.2, 0.25) is 0 Å². The lowest BCUT2D eigenvalue weighted by molar-refractivity contribution is -0.114. The number of hydrogen-bond acceptors (Lipinski definition) is 4. The van der Waals surface area contributed by atoms with Gasteiger partial charge in [-0.15, -0.1) is 0 Å². The molecule has 1 aliphatic carbocycles. The van der Waals surface area contributed by atoms with Crippen LogP contribution in [0.5, 0.6) is 0 Å². The molecule has 0 atom stereocenters. The predicted octanol–water partition coefficient (Wildman–Crippen LogP) is 5.94. The molecule has 0 radical (unpaired) electrons. The van der Waals surface area contributed by atoms with Crippen molar-refractivity contribution in [2.75, 3.05) is 18.0 Å². The van der Waals surface area contributed by atoms with Gasteiger partial charge in [0.25, 0.3) is 5.91 Å². The Bertz CT molecular complexity index is 1090. The molecule has 0 aromatic heterocycles. The monoisotopic (exact) mass is 458 g/mol. The zero-order valence-corrected chi connectivity index (χ0v) is 21.2. The Kier molecular flexibility index (Phi) is 6.89. The molecule has 5 nitrogen and oxygen atoms in total. The van der Waals surface area contributed by atoms with Gasteiger partial charge < -0.3 is 10.6 Å². The largest absolute Gasteiger partial charge is 0.366 e. The van der Waals surface area contributed by atoms with Crippen LogP contribution in [0, 0.1) is 29.6 Å². The van der Waals surface area contributed by atoms with Crippen LogP contribution in [0.15, 0.2) is 58.6 Å². The maximum atomic E-state index is 13.0. The van der Waals surface area contributed by atoms with E-state index < -0.39 is 0 Å². The van der Waals surface area contributed by atoms with E-state index in [1.165, 1.54) is 11.4 Å². The third kappa shape index (κ3) is 4.51. The van der Waals surface area contributed by atoms with E-state index in [0.717, 1.165) is 80.6 Å². The summed E-state index contributed by atoms with van der Waals surface area (Å²) in [6, 6.07) is 10.9. The van der Waals surface area contributed by atoms with Crippen molar-refractivity contribution >= 4 is 11.6 Å². The summed E-state index contributed by atoms with van der Waals surface area (Å²) in [6.07, 6.45) is 8.64. The first-order valence-corrected chi connectivity index (χ1v) is 12.7. The Morgan fingerprint density at radius 2 is 1.94 bits per heavy atom. The Hall–Kier alpha value is -3.00. The maximum absolute atomic E-state index is 13.0. The molecule has 1 saturated carbocycles. The van der Waals surface area contributed by atoms with Gasteiger partial charge in [0.05, 0.1) is 23.0 Å². The standard InChI is InChI=1S/C29H38N4O/c1-5-6-10-25-26(27(31)34)22-12-15-29(3,4)18-23(22)28(32-16-13-21(19-30)14-17-32)33(25)24-11-8-7-9-20(24)2/h7-11,21H,5-6,12-18H2,1-4H3,(H2,31,34)/b25-10+. The van der Waals surface area contributed by atoms with Crippen LogP contribution in [0.1, 0.15) is 71.3 Å². The average molecular weight is 459 g/mol. The first kappa shape index (κ1) is 24.1. The van der Waals surface area contributed by atoms with Crippen LogP contribution >= 0.6 is 0 Å². The molecule has 180 valence electrons. The van der Waals surface area contributed by atoms with Crippen molar-refractivity contribution < 1.29 is 4.79 Å². The predicted molar refractivity (Wildman–Crippen MR) is 137 cm³/mol. The van der Waals surface area contributed by atoms with Gasteiger partial charge >= 0.3 is 0 Å². The second-order valence-electron chi connectivity index (χ2n) is 10.8. The summed E-state index contributed by atoms with van der Waals surface area (Å²) in [7, 11) is 0. The van der Waals surface area contributed by atoms with Gasteiger partial charge in [0, 0.05) is 19.0 Å². The summed E-state index contributed by atoms with van der Waals surface area (Å²) in [4.78, 5) is 17.8. The van der Waals surface area contributed by atoms with Crippen LogP contribution in [0.3, 0.4) is 0 Å². The summed E-state index contributed by atoms with van der Waals surface area (Å²) < 4.78 is 0. The average Bonchev–Trinajstić information content (AvgIpc) is 2.81. The molecular weight excluding hydrogens is 420 g/mol. The molecule has 2 fully saturated rings. The Labute approximate surface area is 204 Å². The molecule has 1 amide bonds. The third-order valence-electron chi connectivity index (χ3n) is 7.56. The molecular formula is C29H38N4O. The maximum Gasteiger partial charge on any atom is 0.251 e. The molecule has 1 aromatic carbocycles. The number of likely N-dealkylation sites (tertiary alicyclic amines) is 1. The number of fused-ring (bicyclic) bond motifs is 1. The molecule has 5 heteroatoms. The highest BCUT2D eigenvalue weighted by Crippen LogP contribution is 2.50. The molecule has 2 aliphatic heterocycles. The Morgan fingerprint density at radius 3 is 2.56 bits per heavy atom. The number of nitriles is 1. The minimum atomic E-state index is -0.338. The van der Waals surface area contributed by atoms with Crippen molar-refractivity contribution in [3.8, 4) is 6.07 Å². The summed E-state index contributed by atoms with van der Waals surface area (Å²) in [5.74, 6) is 0.975. The lowest BCUT2D eigenvalue weighted by Crippen LogP contribution is -2.45. The number of carbonyl (C=O) groups excluding carboxylic acids is 1. The number of hydrogen-bond donors (Lipinski definition) is 1. The van der Waals surface area contributed by atoms with Crippen LogP contribution in [0.25, 0.3) is 0 Å². The van der Waals surface area contributed by atoms with Gasteiger partial charge in [-0.05, 0) is 73.6 Å². The van der Waals surface area contributed by atoms with E-state index in [1.807, 2.05) is 0 Å². The SMILES string of the molecule is CCC/C=C1\C(C(N)=O)=C2CCC(C)(C)CC2=C(N2CCC(C#N)CC2)N1c1ccccc1C. The quantitative estimate of drug-likeness (QED) is 0.593. The molecule has 4 rings (SSSR count). The van der Waals surface area contributed by atoms with E-state index in [1.54, 1.807) is 0 Å². The number of anilines is 1. The summed E-state index contributed by atoms with van der Waals surface area (Å²) >= 11 is 0. The van der Waals surface area contributed by atoms with Crippen molar-refractivity contribution in [2.24, 2.45) is 17.1 Å². The summed E-state index contributed by atoms with van der Waals surface area (Å²) in [5, 5.41) is 9.49. The molecule has 1 aromatic rings. The fourth-order valence-corrected chi connectivity index (χ4v) is 5.65. The molecule has 0 bridgehead atoms. The van der Waals surface area contributed by atoms with E-state index in [4.69, 9.17) is 5.73 Å². The van der Waals surface area contributed by atoms with Crippen molar-refractivity contribution in [2.45, 2.75) is 72.6 Å². The lowest BCUT2D eigenvalue weighted by atomic mass is 9.70. The van der Waals surface area contributed by atoms with Crippen molar-refractivity contribution in [3.63, 3.8) is 0 Å². The van der Waals surface area contributed by atoms with Crippen molar-refractivity contribution in [1.29, 1.82) is 5.26 Å². The van der Waals surface area contributed by atoms with Crippen LogP contribution in [-0.2, 0) is 4.79 Å². The second-order valence-corrected chi connectivity index (χ2v) is 10.8. The van der Waals surface area contributed by atoms with Gasteiger partial charge in [-0.25, -0.2) is 0 Å². The number of nitrogens with two attached hydrogens (primary N) is 1. The fourth-order valence-electron chi connectivity index (χ4n) is 5.65. The number of para-hydroxylation sites is 1. The number of nitrogens with zero attached hydrogens (tertiary/aromatic N) is 3. The number of carbonyl (C=O) groups is 1. The first-order valence-electron chi connectivity index (χ1n) is 12.7. The molecule has 2 heterocycles. The minimum Gasteiger partial charge on any atom is -0.366 e. The number of amides is 1. The van der Waals surface area contributed by atoms with Crippen molar-refractivity contribution in [1.82, 2.24) is 4.90 Å².